The Kier molecular flexibility index (Phi) is 2.91. The van der Waals surface area contributed by atoms with Crippen molar-refractivity contribution in [3.05, 3.63) is 35.7 Å². The van der Waals surface area contributed by atoms with Crippen molar-refractivity contribution in [3.8, 4) is 11.4 Å². The van der Waals surface area contributed by atoms with E-state index in [0.717, 1.165) is 36.4 Å². The first-order chi connectivity index (χ1) is 9.31. The molecule has 0 amide bonds. The van der Waals surface area contributed by atoms with Crippen LogP contribution in [-0.2, 0) is 6.42 Å². The summed E-state index contributed by atoms with van der Waals surface area (Å²) >= 11 is 0. The largest absolute Gasteiger partial charge is 0.497 e. The second-order valence-corrected chi connectivity index (χ2v) is 4.38. The van der Waals surface area contributed by atoms with Crippen LogP contribution in [0.2, 0.25) is 0 Å². The van der Waals surface area contributed by atoms with Crippen molar-refractivity contribution >= 4 is 5.71 Å². The van der Waals surface area contributed by atoms with Gasteiger partial charge in [-0.25, -0.2) is 0 Å². The van der Waals surface area contributed by atoms with Crippen LogP contribution in [0.25, 0.3) is 5.69 Å². The van der Waals surface area contributed by atoms with Gasteiger partial charge in [-0.3, -0.25) is 0 Å². The number of methoxy groups -OCH3 is 1. The average molecular weight is 258 g/mol. The molecule has 6 nitrogen and oxygen atoms in total. The van der Waals surface area contributed by atoms with Gasteiger partial charge in [0.15, 0.2) is 0 Å². The number of fused-ring (bicyclic) bond motifs is 1. The Morgan fingerprint density at radius 3 is 2.68 bits per heavy atom. The number of benzene rings is 1. The highest BCUT2D eigenvalue weighted by atomic mass is 16.5. The Hall–Kier alpha value is -2.37. The highest BCUT2D eigenvalue weighted by Crippen LogP contribution is 2.20. The molecule has 0 atom stereocenters. The zero-order chi connectivity index (χ0) is 13.2. The van der Waals surface area contributed by atoms with E-state index in [1.165, 1.54) is 0 Å². The summed E-state index contributed by atoms with van der Waals surface area (Å²) in [5.74, 6) is 0.790. The molecule has 98 valence electrons. The van der Waals surface area contributed by atoms with E-state index in [4.69, 9.17) is 9.94 Å². The molecule has 19 heavy (non-hydrogen) atoms. The second kappa shape index (κ2) is 4.72. The first kappa shape index (κ1) is 11.7. The van der Waals surface area contributed by atoms with Gasteiger partial charge in [-0.1, -0.05) is 5.16 Å². The van der Waals surface area contributed by atoms with Crippen LogP contribution in [0, 0.1) is 0 Å². The number of nitrogens with zero attached hydrogens (tertiary/aromatic N) is 4. The number of rotatable bonds is 2. The Bertz CT molecular complexity index is 616. The number of hydrogen-bond donors (Lipinski definition) is 1. The Labute approximate surface area is 110 Å². The molecule has 1 heterocycles. The van der Waals surface area contributed by atoms with Crippen LogP contribution in [0.4, 0.5) is 0 Å². The fraction of sp³-hybridized carbons (Fsp3) is 0.308. The van der Waals surface area contributed by atoms with Crippen LogP contribution in [0.5, 0.6) is 5.75 Å². The fourth-order valence-electron chi connectivity index (χ4n) is 2.20. The first-order valence-corrected chi connectivity index (χ1v) is 6.14. The highest BCUT2D eigenvalue weighted by molar-refractivity contribution is 6.00. The third-order valence-corrected chi connectivity index (χ3v) is 3.21. The molecule has 6 heteroatoms. The van der Waals surface area contributed by atoms with Crippen LogP contribution < -0.4 is 4.74 Å². The molecule has 1 aromatic carbocycles. The molecule has 0 radical (unpaired) electrons. The van der Waals surface area contributed by atoms with Crippen LogP contribution in [0.15, 0.2) is 29.4 Å². The van der Waals surface area contributed by atoms with E-state index < -0.39 is 0 Å². The van der Waals surface area contributed by atoms with Crippen molar-refractivity contribution < 1.29 is 9.94 Å². The van der Waals surface area contributed by atoms with Crippen LogP contribution in [0.1, 0.15) is 24.2 Å². The molecule has 0 spiro atoms. The standard InChI is InChI=1S/C13H14N4O2/c1-19-10-7-5-9(6-8-10)17-14-11-3-2-4-12(16-18)13(11)15-17/h5-8,18H,2-4H2,1H3. The minimum Gasteiger partial charge on any atom is -0.497 e. The smallest absolute Gasteiger partial charge is 0.134 e. The normalized spacial score (nSPS) is 16.4. The summed E-state index contributed by atoms with van der Waals surface area (Å²) in [5, 5.41) is 21.1. The van der Waals surface area contributed by atoms with Gasteiger partial charge in [-0.2, -0.15) is 9.90 Å². The summed E-state index contributed by atoms with van der Waals surface area (Å²) in [7, 11) is 1.63. The second-order valence-electron chi connectivity index (χ2n) is 4.38. The molecule has 0 bridgehead atoms. The lowest BCUT2D eigenvalue weighted by Gasteiger charge is -2.07. The van der Waals surface area contributed by atoms with E-state index in [-0.39, 0.29) is 0 Å². The maximum absolute atomic E-state index is 8.98. The number of ether oxygens (including phenoxy) is 1. The van der Waals surface area contributed by atoms with Crippen molar-refractivity contribution in [3.63, 3.8) is 0 Å². The van der Waals surface area contributed by atoms with Crippen molar-refractivity contribution in [2.75, 3.05) is 7.11 Å². The Balaban J connectivity index is 2.00. The molecule has 1 N–H and O–H groups in total. The molecule has 0 saturated heterocycles. The lowest BCUT2D eigenvalue weighted by molar-refractivity contribution is 0.317. The van der Waals surface area contributed by atoms with Gasteiger partial charge in [-0.05, 0) is 43.5 Å². The molecule has 1 aliphatic carbocycles. The zero-order valence-corrected chi connectivity index (χ0v) is 10.6. The van der Waals surface area contributed by atoms with Crippen LogP contribution in [0.3, 0.4) is 0 Å². The number of aromatic nitrogens is 3. The predicted molar refractivity (Wildman–Crippen MR) is 69.2 cm³/mol. The quantitative estimate of drug-likeness (QED) is 0.658. The topological polar surface area (TPSA) is 72.5 Å². The molecule has 0 unspecified atom stereocenters. The summed E-state index contributed by atoms with van der Waals surface area (Å²) in [6, 6.07) is 7.50. The van der Waals surface area contributed by atoms with Gasteiger partial charge in [0, 0.05) is 0 Å². The van der Waals surface area contributed by atoms with Gasteiger partial charge < -0.3 is 9.94 Å². The number of aryl methyl sites for hydroxylation is 1. The zero-order valence-electron chi connectivity index (χ0n) is 10.6. The minimum atomic E-state index is 0.612. The molecular weight excluding hydrogens is 244 g/mol. The predicted octanol–water partition coefficient (Wildman–Crippen LogP) is 1.79. The van der Waals surface area contributed by atoms with E-state index in [1.807, 2.05) is 24.3 Å². The number of hydrogen-bond acceptors (Lipinski definition) is 5. The SMILES string of the molecule is COc1ccc(-n2nc3c(n2)C(=NO)CCC3)cc1. The lowest BCUT2D eigenvalue weighted by atomic mass is 9.99. The van der Waals surface area contributed by atoms with Crippen molar-refractivity contribution in [1.82, 2.24) is 15.0 Å². The summed E-state index contributed by atoms with van der Waals surface area (Å²) in [6.45, 7) is 0. The fourth-order valence-corrected chi connectivity index (χ4v) is 2.20. The monoisotopic (exact) mass is 258 g/mol. The molecule has 3 rings (SSSR count). The summed E-state index contributed by atoms with van der Waals surface area (Å²) in [5.41, 5.74) is 3.05. The van der Waals surface area contributed by atoms with Gasteiger partial charge in [0.25, 0.3) is 0 Å². The molecular formula is C13H14N4O2. The van der Waals surface area contributed by atoms with E-state index in [0.29, 0.717) is 11.4 Å². The lowest BCUT2D eigenvalue weighted by Crippen LogP contribution is -2.11. The minimum absolute atomic E-state index is 0.612. The Morgan fingerprint density at radius 2 is 2.00 bits per heavy atom. The van der Waals surface area contributed by atoms with E-state index in [2.05, 4.69) is 15.4 Å². The molecule has 2 aromatic rings. The van der Waals surface area contributed by atoms with Gasteiger partial charge in [0.05, 0.1) is 18.5 Å². The Morgan fingerprint density at radius 1 is 1.21 bits per heavy atom. The third kappa shape index (κ3) is 2.05. The van der Waals surface area contributed by atoms with Crippen LogP contribution >= 0.6 is 0 Å². The first-order valence-electron chi connectivity index (χ1n) is 6.14. The summed E-state index contributed by atoms with van der Waals surface area (Å²) in [6.07, 6.45) is 2.54. The number of oxime groups is 1. The third-order valence-electron chi connectivity index (χ3n) is 3.21. The van der Waals surface area contributed by atoms with E-state index >= 15 is 0 Å². The summed E-state index contributed by atoms with van der Waals surface area (Å²) < 4.78 is 5.12. The van der Waals surface area contributed by atoms with Gasteiger partial charge in [0.2, 0.25) is 0 Å². The summed E-state index contributed by atoms with van der Waals surface area (Å²) in [4.78, 5) is 1.57. The van der Waals surface area contributed by atoms with Crippen molar-refractivity contribution in [2.45, 2.75) is 19.3 Å². The van der Waals surface area contributed by atoms with Gasteiger partial charge in [0.1, 0.15) is 17.2 Å². The molecule has 0 saturated carbocycles. The average Bonchev–Trinajstić information content (AvgIpc) is 2.91. The molecule has 1 aromatic heterocycles. The maximum Gasteiger partial charge on any atom is 0.134 e. The van der Waals surface area contributed by atoms with Crippen molar-refractivity contribution in [2.24, 2.45) is 5.16 Å². The molecule has 1 aliphatic rings. The highest BCUT2D eigenvalue weighted by Gasteiger charge is 2.22. The molecule has 0 aliphatic heterocycles. The van der Waals surface area contributed by atoms with Crippen LogP contribution in [-0.4, -0.2) is 33.0 Å². The maximum atomic E-state index is 8.98. The van der Waals surface area contributed by atoms with Crippen molar-refractivity contribution in [1.29, 1.82) is 0 Å². The van der Waals surface area contributed by atoms with Gasteiger partial charge in [-0.15, -0.1) is 5.10 Å². The van der Waals surface area contributed by atoms with E-state index in [1.54, 1.807) is 11.9 Å². The van der Waals surface area contributed by atoms with E-state index in [9.17, 15) is 0 Å². The van der Waals surface area contributed by atoms with Gasteiger partial charge >= 0.3 is 0 Å². The molecule has 0 fully saturated rings.